The van der Waals surface area contributed by atoms with Crippen LogP contribution in [-0.2, 0) is 4.79 Å². The first-order valence-corrected chi connectivity index (χ1v) is 8.27. The quantitative estimate of drug-likeness (QED) is 0.443. The summed E-state index contributed by atoms with van der Waals surface area (Å²) in [6.07, 6.45) is 13.8. The standard InChI is InChI=1S/C16H26.C2H4O/c1-11-6-8-15-13(10-11)7-9-14-12(2)4-3-5-16(14)15;1-2-3/h8,11-14,16H,3-7,9-10H2,1-2H3;2H,1H3. The van der Waals surface area contributed by atoms with Gasteiger partial charge in [0.25, 0.3) is 0 Å². The van der Waals surface area contributed by atoms with Crippen molar-refractivity contribution in [3.05, 3.63) is 11.6 Å². The summed E-state index contributed by atoms with van der Waals surface area (Å²) < 4.78 is 0. The zero-order valence-electron chi connectivity index (χ0n) is 12.9. The van der Waals surface area contributed by atoms with E-state index in [0.29, 0.717) is 0 Å². The number of carbonyl (C=O) groups is 1. The molecular formula is C18H30O. The molecular weight excluding hydrogens is 232 g/mol. The van der Waals surface area contributed by atoms with Gasteiger partial charge in [-0.3, -0.25) is 0 Å². The van der Waals surface area contributed by atoms with Crippen LogP contribution in [0.15, 0.2) is 11.6 Å². The third-order valence-electron chi connectivity index (χ3n) is 5.61. The first-order valence-electron chi connectivity index (χ1n) is 8.27. The molecule has 2 fully saturated rings. The van der Waals surface area contributed by atoms with Gasteiger partial charge in [0.2, 0.25) is 0 Å². The van der Waals surface area contributed by atoms with Crippen LogP contribution in [0.1, 0.15) is 65.7 Å². The van der Waals surface area contributed by atoms with E-state index in [1.54, 1.807) is 0 Å². The largest absolute Gasteiger partial charge is 0.304 e. The lowest BCUT2D eigenvalue weighted by molar-refractivity contribution is -0.106. The molecule has 0 aromatic carbocycles. The van der Waals surface area contributed by atoms with Crippen molar-refractivity contribution in [2.45, 2.75) is 65.7 Å². The average molecular weight is 262 g/mol. The van der Waals surface area contributed by atoms with Gasteiger partial charge in [-0.2, -0.15) is 0 Å². The van der Waals surface area contributed by atoms with E-state index in [0.717, 1.165) is 35.9 Å². The van der Waals surface area contributed by atoms with Crippen molar-refractivity contribution >= 4 is 6.29 Å². The van der Waals surface area contributed by atoms with Crippen LogP contribution >= 0.6 is 0 Å². The van der Waals surface area contributed by atoms with E-state index in [-0.39, 0.29) is 0 Å². The predicted octanol–water partition coefficient (Wildman–Crippen LogP) is 5.01. The van der Waals surface area contributed by atoms with E-state index < -0.39 is 0 Å². The Bertz CT molecular complexity index is 331. The topological polar surface area (TPSA) is 17.1 Å². The Morgan fingerprint density at radius 1 is 1.16 bits per heavy atom. The van der Waals surface area contributed by atoms with Gasteiger partial charge in [-0.15, -0.1) is 0 Å². The third kappa shape index (κ3) is 3.30. The molecule has 3 rings (SSSR count). The second-order valence-electron chi connectivity index (χ2n) is 6.97. The van der Waals surface area contributed by atoms with Gasteiger partial charge < -0.3 is 4.79 Å². The van der Waals surface area contributed by atoms with E-state index in [9.17, 15) is 0 Å². The summed E-state index contributed by atoms with van der Waals surface area (Å²) >= 11 is 0. The van der Waals surface area contributed by atoms with Gasteiger partial charge >= 0.3 is 0 Å². The molecule has 1 heteroatoms. The SMILES string of the molecule is CC1CC=C2C(CCC3C(C)CCCC23)C1.CC=O. The monoisotopic (exact) mass is 262 g/mol. The summed E-state index contributed by atoms with van der Waals surface area (Å²) in [5.74, 6) is 4.97. The van der Waals surface area contributed by atoms with Gasteiger partial charge in [0, 0.05) is 0 Å². The molecule has 3 aliphatic carbocycles. The Morgan fingerprint density at radius 2 is 1.89 bits per heavy atom. The molecule has 0 N–H and O–H groups in total. The maximum atomic E-state index is 8.81. The lowest BCUT2D eigenvalue weighted by Gasteiger charge is -2.47. The van der Waals surface area contributed by atoms with Gasteiger partial charge in [-0.1, -0.05) is 38.3 Å². The molecule has 0 bridgehead atoms. The molecule has 19 heavy (non-hydrogen) atoms. The summed E-state index contributed by atoms with van der Waals surface area (Å²) in [6.45, 7) is 6.38. The number of rotatable bonds is 0. The van der Waals surface area contributed by atoms with E-state index in [4.69, 9.17) is 4.79 Å². The molecule has 0 heterocycles. The molecule has 0 aromatic heterocycles. The van der Waals surface area contributed by atoms with Crippen molar-refractivity contribution in [1.82, 2.24) is 0 Å². The smallest absolute Gasteiger partial charge is 0.116 e. The van der Waals surface area contributed by atoms with Crippen LogP contribution in [-0.4, -0.2) is 6.29 Å². The molecule has 0 spiro atoms. The molecule has 3 aliphatic rings. The van der Waals surface area contributed by atoms with Crippen LogP contribution in [0.2, 0.25) is 0 Å². The Kier molecular flexibility index (Phi) is 5.24. The Hall–Kier alpha value is -0.590. The molecule has 5 atom stereocenters. The van der Waals surface area contributed by atoms with Crippen molar-refractivity contribution in [2.24, 2.45) is 29.6 Å². The first kappa shape index (κ1) is 14.8. The van der Waals surface area contributed by atoms with Gasteiger partial charge in [0.05, 0.1) is 0 Å². The van der Waals surface area contributed by atoms with Crippen LogP contribution in [0.4, 0.5) is 0 Å². The van der Waals surface area contributed by atoms with Gasteiger partial charge in [0.15, 0.2) is 0 Å². The zero-order valence-corrected chi connectivity index (χ0v) is 12.9. The lowest BCUT2D eigenvalue weighted by atomic mass is 9.58. The van der Waals surface area contributed by atoms with Crippen molar-refractivity contribution in [2.75, 3.05) is 0 Å². The number of aldehydes is 1. The Morgan fingerprint density at radius 3 is 2.63 bits per heavy atom. The average Bonchev–Trinajstić information content (AvgIpc) is 2.39. The van der Waals surface area contributed by atoms with Crippen LogP contribution in [0.3, 0.4) is 0 Å². The van der Waals surface area contributed by atoms with Crippen molar-refractivity contribution in [3.8, 4) is 0 Å². The molecule has 108 valence electrons. The number of hydrogen-bond acceptors (Lipinski definition) is 1. The van der Waals surface area contributed by atoms with E-state index in [1.807, 2.05) is 5.57 Å². The number of hydrogen-bond donors (Lipinski definition) is 0. The minimum atomic E-state index is 0.750. The second kappa shape index (κ2) is 6.72. The molecule has 5 unspecified atom stereocenters. The summed E-state index contributed by atoms with van der Waals surface area (Å²) in [6, 6.07) is 0. The van der Waals surface area contributed by atoms with Crippen LogP contribution in [0.5, 0.6) is 0 Å². The van der Waals surface area contributed by atoms with E-state index in [1.165, 1.54) is 51.9 Å². The van der Waals surface area contributed by atoms with Crippen molar-refractivity contribution in [3.63, 3.8) is 0 Å². The Balaban J connectivity index is 0.000000408. The van der Waals surface area contributed by atoms with E-state index in [2.05, 4.69) is 19.9 Å². The fourth-order valence-corrected chi connectivity index (χ4v) is 4.74. The summed E-state index contributed by atoms with van der Waals surface area (Å²) in [4.78, 5) is 8.81. The molecule has 0 aromatic rings. The second-order valence-corrected chi connectivity index (χ2v) is 6.97. The highest BCUT2D eigenvalue weighted by Crippen LogP contribution is 2.51. The van der Waals surface area contributed by atoms with Crippen LogP contribution in [0.25, 0.3) is 0 Å². The molecule has 2 saturated carbocycles. The fraction of sp³-hybridized carbons (Fsp3) is 0.833. The van der Waals surface area contributed by atoms with Crippen LogP contribution in [0, 0.1) is 29.6 Å². The fourth-order valence-electron chi connectivity index (χ4n) is 4.74. The maximum Gasteiger partial charge on any atom is 0.116 e. The van der Waals surface area contributed by atoms with Crippen molar-refractivity contribution < 1.29 is 4.79 Å². The minimum Gasteiger partial charge on any atom is -0.304 e. The highest BCUT2D eigenvalue weighted by Gasteiger charge is 2.40. The highest BCUT2D eigenvalue weighted by atomic mass is 16.1. The van der Waals surface area contributed by atoms with Gasteiger partial charge in [-0.25, -0.2) is 0 Å². The first-order chi connectivity index (χ1) is 9.17. The molecule has 0 aliphatic heterocycles. The summed E-state index contributed by atoms with van der Waals surface area (Å²) in [7, 11) is 0. The summed E-state index contributed by atoms with van der Waals surface area (Å²) in [5, 5.41) is 0. The third-order valence-corrected chi connectivity index (χ3v) is 5.61. The molecule has 0 amide bonds. The molecule has 0 radical (unpaired) electrons. The highest BCUT2D eigenvalue weighted by molar-refractivity contribution is 5.44. The van der Waals surface area contributed by atoms with Crippen molar-refractivity contribution in [1.29, 1.82) is 0 Å². The molecule has 0 saturated heterocycles. The van der Waals surface area contributed by atoms with Crippen LogP contribution < -0.4 is 0 Å². The lowest BCUT2D eigenvalue weighted by Crippen LogP contribution is -2.36. The Labute approximate surface area is 118 Å². The predicted molar refractivity (Wildman–Crippen MR) is 80.9 cm³/mol. The van der Waals surface area contributed by atoms with Gasteiger partial charge in [-0.05, 0) is 68.6 Å². The zero-order chi connectivity index (χ0) is 13.8. The normalized spacial score (nSPS) is 41.0. The summed E-state index contributed by atoms with van der Waals surface area (Å²) in [5.41, 5.74) is 1.90. The maximum absolute atomic E-state index is 8.81. The molecule has 1 nitrogen and oxygen atoms in total. The minimum absolute atomic E-state index is 0.750. The van der Waals surface area contributed by atoms with E-state index >= 15 is 0 Å². The number of carbonyl (C=O) groups excluding carboxylic acids is 1. The van der Waals surface area contributed by atoms with Gasteiger partial charge in [0.1, 0.15) is 6.29 Å². The number of fused-ring (bicyclic) bond motifs is 3. The number of allylic oxidation sites excluding steroid dienone is 2.